The molecule has 6 rings (SSSR count). The van der Waals surface area contributed by atoms with E-state index in [1.54, 1.807) is 12.1 Å². The number of fused-ring (bicyclic) bond motifs is 2. The lowest BCUT2D eigenvalue weighted by molar-refractivity contribution is -0.182. The standard InChI is InChI=1S/C20H22N4O10S.C16H16N4O8S/c1-9(25)33-10(2)34-19(28)15-11(7-32-20(21)29)8-35-18-14(17(27)24(15)18)22-16(26)13(23-30-3)12-5-4-6-31-12;1-26-19-9(8-3-2-4-27-8)12(21)18-10-13(22)20-11(15(23)24)7(5-28-16(17)25)6-29-14(10)20/h4-6,10,14,18H,7-8H2,1-3H3,(H2,21,29)(H,22,26);2-4,10,14H,5-6H2,1H3,(H2,17,25)(H,18,21)(H,23,24)/b23-13+;19-9+/t10?,14-,18-;10-,14-/m11/s1. The van der Waals surface area contributed by atoms with Crippen LogP contribution < -0.4 is 22.1 Å². The number of rotatable bonds is 16. The fourth-order valence-corrected chi connectivity index (χ4v) is 8.84. The number of carbonyl (C=O) groups is 9. The van der Waals surface area contributed by atoms with Gasteiger partial charge in [0, 0.05) is 36.5 Å². The van der Waals surface area contributed by atoms with Crippen LogP contribution in [0.15, 0.2) is 78.5 Å². The van der Waals surface area contributed by atoms with Gasteiger partial charge in [0.25, 0.3) is 23.6 Å². The second kappa shape index (κ2) is 21.1. The lowest BCUT2D eigenvalue weighted by Crippen LogP contribution is -2.71. The van der Waals surface area contributed by atoms with Gasteiger partial charge in [-0.15, -0.1) is 23.5 Å². The topological polar surface area (TPSA) is 363 Å². The number of amides is 6. The minimum atomic E-state index is -1.35. The number of carbonyl (C=O) groups excluding carboxylic acids is 8. The van der Waals surface area contributed by atoms with Crippen LogP contribution in [0.3, 0.4) is 0 Å². The van der Waals surface area contributed by atoms with E-state index in [2.05, 4.69) is 30.5 Å². The summed E-state index contributed by atoms with van der Waals surface area (Å²) in [4.78, 5) is 120. The molecule has 4 aliphatic heterocycles. The van der Waals surface area contributed by atoms with E-state index < -0.39 is 82.8 Å². The highest BCUT2D eigenvalue weighted by atomic mass is 32.2. The highest BCUT2D eigenvalue weighted by Gasteiger charge is 2.56. The number of carboxylic acid groups (broad SMARTS) is 1. The number of carboxylic acids is 1. The highest BCUT2D eigenvalue weighted by Crippen LogP contribution is 2.42. The molecule has 26 nitrogen and oxygen atoms in total. The van der Waals surface area contributed by atoms with Crippen LogP contribution in [0.1, 0.15) is 25.4 Å². The molecule has 4 aliphatic rings. The second-order valence-electron chi connectivity index (χ2n) is 12.9. The van der Waals surface area contributed by atoms with E-state index in [0.29, 0.717) is 0 Å². The molecule has 64 heavy (non-hydrogen) atoms. The Hall–Kier alpha value is -7.49. The molecule has 0 bridgehead atoms. The van der Waals surface area contributed by atoms with Crippen LogP contribution in [-0.2, 0) is 62.2 Å². The fourth-order valence-electron chi connectivity index (χ4n) is 6.18. The normalized spacial score (nSPS) is 20.7. The van der Waals surface area contributed by atoms with Crippen molar-refractivity contribution in [2.24, 2.45) is 21.8 Å². The van der Waals surface area contributed by atoms with Crippen molar-refractivity contribution >= 4 is 88.7 Å². The summed E-state index contributed by atoms with van der Waals surface area (Å²) in [5.74, 6) is -5.14. The average molecular weight is 935 g/mol. The summed E-state index contributed by atoms with van der Waals surface area (Å²) < 4.78 is 29.7. The number of hydrogen-bond acceptors (Lipinski definition) is 21. The van der Waals surface area contributed by atoms with Crippen LogP contribution in [0.25, 0.3) is 0 Å². The number of nitrogens with one attached hydrogen (secondary N) is 2. The molecular formula is C36H38N8O18S2. The third-order valence-corrected chi connectivity index (χ3v) is 11.4. The number of oxime groups is 2. The summed E-state index contributed by atoms with van der Waals surface area (Å²) in [6, 6.07) is 4.11. The first-order chi connectivity index (χ1) is 30.5. The molecule has 28 heteroatoms. The molecule has 0 aromatic carbocycles. The Morgan fingerprint density at radius 2 is 1.22 bits per heavy atom. The molecule has 6 heterocycles. The Bertz CT molecular complexity index is 2310. The number of ether oxygens (including phenoxy) is 4. The zero-order chi connectivity index (χ0) is 46.8. The van der Waals surface area contributed by atoms with Gasteiger partial charge in [-0.1, -0.05) is 10.3 Å². The maximum atomic E-state index is 13.0. The average Bonchev–Trinajstić information content (AvgIpc) is 3.99. The number of hydrogen-bond donors (Lipinski definition) is 5. The van der Waals surface area contributed by atoms with Crippen molar-refractivity contribution in [3.8, 4) is 0 Å². The number of nitrogens with zero attached hydrogens (tertiary/aromatic N) is 4. The molecule has 0 spiro atoms. The van der Waals surface area contributed by atoms with Crippen molar-refractivity contribution < 1.29 is 85.7 Å². The van der Waals surface area contributed by atoms with E-state index in [1.807, 2.05) is 0 Å². The molecule has 7 N–H and O–H groups in total. The van der Waals surface area contributed by atoms with E-state index in [0.717, 1.165) is 16.7 Å². The zero-order valence-electron chi connectivity index (χ0n) is 33.8. The molecule has 2 saturated heterocycles. The molecule has 1 unspecified atom stereocenters. The van der Waals surface area contributed by atoms with E-state index in [-0.39, 0.29) is 70.2 Å². The molecule has 2 aromatic rings. The third kappa shape index (κ3) is 10.7. The van der Waals surface area contributed by atoms with Gasteiger partial charge < -0.3 is 64.7 Å². The molecule has 0 radical (unpaired) electrons. The van der Waals surface area contributed by atoms with Crippen LogP contribution in [0.2, 0.25) is 0 Å². The lowest BCUT2D eigenvalue weighted by Gasteiger charge is -2.49. The first kappa shape index (κ1) is 47.6. The summed E-state index contributed by atoms with van der Waals surface area (Å²) in [6.07, 6.45) is -0.686. The van der Waals surface area contributed by atoms with Crippen LogP contribution >= 0.6 is 23.5 Å². The number of furan rings is 2. The van der Waals surface area contributed by atoms with E-state index in [4.69, 9.17) is 39.3 Å². The minimum absolute atomic E-state index is 0.124. The third-order valence-electron chi connectivity index (χ3n) is 8.75. The van der Waals surface area contributed by atoms with Gasteiger partial charge in [-0.05, 0) is 24.3 Å². The van der Waals surface area contributed by atoms with Crippen LogP contribution in [0, 0.1) is 0 Å². The summed E-state index contributed by atoms with van der Waals surface area (Å²) in [5.41, 5.74) is 9.56. The quantitative estimate of drug-likeness (QED) is 0.0347. The summed E-state index contributed by atoms with van der Waals surface area (Å²) in [5, 5.41) is 20.5. The highest BCUT2D eigenvalue weighted by molar-refractivity contribution is 8.00. The fraction of sp³-hybridized carbons (Fsp3) is 0.361. The predicted molar refractivity (Wildman–Crippen MR) is 215 cm³/mol. The molecular weight excluding hydrogens is 897 g/mol. The van der Waals surface area contributed by atoms with Gasteiger partial charge in [0.1, 0.15) is 61.7 Å². The number of primary amides is 2. The number of nitrogens with two attached hydrogens (primary N) is 2. The van der Waals surface area contributed by atoms with Crippen molar-refractivity contribution in [1.82, 2.24) is 20.4 Å². The summed E-state index contributed by atoms with van der Waals surface area (Å²) >= 11 is 2.43. The van der Waals surface area contributed by atoms with Crippen molar-refractivity contribution in [3.05, 3.63) is 70.9 Å². The van der Waals surface area contributed by atoms with Crippen molar-refractivity contribution in [1.29, 1.82) is 0 Å². The van der Waals surface area contributed by atoms with Crippen LogP contribution in [0.4, 0.5) is 9.59 Å². The smallest absolute Gasteiger partial charge is 0.404 e. The summed E-state index contributed by atoms with van der Waals surface area (Å²) in [6.45, 7) is 1.74. The number of aliphatic carboxylic acids is 1. The Balaban J connectivity index is 0.000000245. The van der Waals surface area contributed by atoms with Gasteiger partial charge in [0.05, 0.1) is 12.5 Å². The number of thioether (sulfide) groups is 2. The van der Waals surface area contributed by atoms with Gasteiger partial charge in [-0.25, -0.2) is 19.2 Å². The zero-order valence-corrected chi connectivity index (χ0v) is 35.5. The maximum Gasteiger partial charge on any atom is 0.404 e. The van der Waals surface area contributed by atoms with Crippen LogP contribution in [0.5, 0.6) is 0 Å². The summed E-state index contributed by atoms with van der Waals surface area (Å²) in [7, 11) is 2.50. The van der Waals surface area contributed by atoms with Gasteiger partial charge in [-0.3, -0.25) is 33.8 Å². The molecule has 342 valence electrons. The predicted octanol–water partition coefficient (Wildman–Crippen LogP) is -0.704. The van der Waals surface area contributed by atoms with Crippen molar-refractivity contribution in [2.75, 3.05) is 38.9 Å². The van der Waals surface area contributed by atoms with Crippen molar-refractivity contribution in [2.45, 2.75) is 43.0 Å². The first-order valence-corrected chi connectivity index (χ1v) is 20.3. The van der Waals surface area contributed by atoms with E-state index in [1.165, 1.54) is 69.3 Å². The van der Waals surface area contributed by atoms with E-state index >= 15 is 0 Å². The largest absolute Gasteiger partial charge is 0.477 e. The Labute approximate surface area is 368 Å². The lowest BCUT2D eigenvalue weighted by atomic mass is 10.0. The monoisotopic (exact) mass is 934 g/mol. The Morgan fingerprint density at radius 3 is 1.59 bits per heavy atom. The van der Waals surface area contributed by atoms with Crippen molar-refractivity contribution in [3.63, 3.8) is 0 Å². The van der Waals surface area contributed by atoms with Gasteiger partial charge in [-0.2, -0.15) is 0 Å². The maximum absolute atomic E-state index is 13.0. The Morgan fingerprint density at radius 1 is 0.781 bits per heavy atom. The van der Waals surface area contributed by atoms with E-state index in [9.17, 15) is 48.3 Å². The molecule has 0 saturated carbocycles. The number of esters is 2. The minimum Gasteiger partial charge on any atom is -0.477 e. The molecule has 5 atom stereocenters. The van der Waals surface area contributed by atoms with Gasteiger partial charge in [0.2, 0.25) is 17.7 Å². The second-order valence-corrected chi connectivity index (χ2v) is 15.1. The van der Waals surface area contributed by atoms with Gasteiger partial charge >= 0.3 is 30.1 Å². The first-order valence-electron chi connectivity index (χ1n) is 18.2. The SMILES string of the molecule is CO/N=C(/C(=O)N[C@@H]1C(=O)N2C(C(=O)O)=C(COC(N)=O)CS[C@H]12)c1ccco1.CO/N=C(/C(=O)N[C@@H]1C(=O)N2C(C(=O)OC(C)OC(C)=O)=C(COC(N)=O)CS[C@H]12)c1ccco1. The molecule has 0 aliphatic carbocycles. The molecule has 6 amide bonds. The Kier molecular flexibility index (Phi) is 15.6. The van der Waals surface area contributed by atoms with Gasteiger partial charge in [0.15, 0.2) is 11.5 Å². The molecule has 2 fully saturated rings. The van der Waals surface area contributed by atoms with Crippen LogP contribution in [-0.4, -0.2) is 148 Å². The number of β-lactam (4-membered cyclic amide) rings is 2. The molecule has 2 aromatic heterocycles.